The van der Waals surface area contributed by atoms with Crippen LogP contribution in [0.15, 0.2) is 16.6 Å². The molecule has 0 saturated heterocycles. The van der Waals surface area contributed by atoms with E-state index in [0.717, 1.165) is 0 Å². The predicted octanol–water partition coefficient (Wildman–Crippen LogP) is 2.70. The molecule has 1 atom stereocenters. The number of nitrogens with two attached hydrogens (primary N) is 1. The molecule has 72 valence electrons. The van der Waals surface area contributed by atoms with Gasteiger partial charge in [0.2, 0.25) is 0 Å². The van der Waals surface area contributed by atoms with E-state index in [1.54, 1.807) is 0 Å². The number of rotatable bonds is 2. The van der Waals surface area contributed by atoms with Gasteiger partial charge in [0.05, 0.1) is 4.47 Å². The Morgan fingerprint density at radius 1 is 1.62 bits per heavy atom. The zero-order chi connectivity index (χ0) is 10.0. The van der Waals surface area contributed by atoms with Gasteiger partial charge in [-0.25, -0.2) is 4.39 Å². The quantitative estimate of drug-likeness (QED) is 0.845. The van der Waals surface area contributed by atoms with E-state index < -0.39 is 11.9 Å². The van der Waals surface area contributed by atoms with E-state index in [1.807, 2.05) is 6.92 Å². The minimum atomic E-state index is -0.463. The minimum absolute atomic E-state index is 0.102. The fourth-order valence-corrected chi connectivity index (χ4v) is 1.46. The standard InChI is InChI=1S/C9H11BrFNO/c1-2-7(12)8-6(11)4-3-5(10)9(8)13/h3-4,7,13H,2,12H2,1H3/t7-/m0/s1. The first-order valence-corrected chi connectivity index (χ1v) is 4.79. The molecule has 0 unspecified atom stereocenters. The Hall–Kier alpha value is -0.610. The van der Waals surface area contributed by atoms with Gasteiger partial charge in [0.1, 0.15) is 11.6 Å². The lowest BCUT2D eigenvalue weighted by Crippen LogP contribution is -2.11. The maximum absolute atomic E-state index is 13.2. The molecule has 0 bridgehead atoms. The van der Waals surface area contributed by atoms with Gasteiger partial charge in [-0.15, -0.1) is 0 Å². The number of benzene rings is 1. The van der Waals surface area contributed by atoms with Crippen molar-refractivity contribution in [3.05, 3.63) is 28.0 Å². The Kier molecular flexibility index (Phi) is 3.27. The van der Waals surface area contributed by atoms with Crippen molar-refractivity contribution in [1.29, 1.82) is 0 Å². The number of phenols is 1. The molecule has 0 aliphatic carbocycles. The number of phenolic OH excluding ortho intramolecular Hbond substituents is 1. The van der Waals surface area contributed by atoms with Gasteiger partial charge in [-0.2, -0.15) is 0 Å². The highest BCUT2D eigenvalue weighted by molar-refractivity contribution is 9.10. The molecule has 0 aliphatic rings. The Balaban J connectivity index is 3.25. The number of halogens is 2. The highest BCUT2D eigenvalue weighted by Crippen LogP contribution is 2.33. The van der Waals surface area contributed by atoms with Crippen LogP contribution in [0.2, 0.25) is 0 Å². The molecule has 1 aromatic carbocycles. The average Bonchev–Trinajstić information content (AvgIpc) is 2.12. The van der Waals surface area contributed by atoms with Crippen LogP contribution in [0.3, 0.4) is 0 Å². The van der Waals surface area contributed by atoms with Crippen LogP contribution in [0.4, 0.5) is 4.39 Å². The van der Waals surface area contributed by atoms with Crippen LogP contribution in [-0.4, -0.2) is 5.11 Å². The highest BCUT2D eigenvalue weighted by Gasteiger charge is 2.16. The molecule has 0 radical (unpaired) electrons. The summed E-state index contributed by atoms with van der Waals surface area (Å²) in [4.78, 5) is 0. The molecule has 2 nitrogen and oxygen atoms in total. The van der Waals surface area contributed by atoms with Gasteiger partial charge in [0.25, 0.3) is 0 Å². The van der Waals surface area contributed by atoms with Gasteiger partial charge >= 0.3 is 0 Å². The van der Waals surface area contributed by atoms with Crippen LogP contribution in [0.5, 0.6) is 5.75 Å². The third-order valence-corrected chi connectivity index (χ3v) is 2.57. The molecular formula is C9H11BrFNO. The Morgan fingerprint density at radius 2 is 2.23 bits per heavy atom. The maximum atomic E-state index is 13.2. The van der Waals surface area contributed by atoms with Crippen molar-refractivity contribution in [2.24, 2.45) is 5.73 Å². The van der Waals surface area contributed by atoms with Gasteiger partial charge < -0.3 is 10.8 Å². The second kappa shape index (κ2) is 4.07. The molecule has 1 aromatic rings. The van der Waals surface area contributed by atoms with Crippen LogP contribution in [0.1, 0.15) is 24.9 Å². The number of hydrogen-bond donors (Lipinski definition) is 2. The zero-order valence-electron chi connectivity index (χ0n) is 7.22. The lowest BCUT2D eigenvalue weighted by molar-refractivity contribution is 0.444. The number of hydrogen-bond acceptors (Lipinski definition) is 2. The molecule has 0 aliphatic heterocycles. The van der Waals surface area contributed by atoms with Crippen LogP contribution in [0.25, 0.3) is 0 Å². The molecule has 0 spiro atoms. The molecule has 0 fully saturated rings. The van der Waals surface area contributed by atoms with Gasteiger partial charge in [0, 0.05) is 11.6 Å². The Labute approximate surface area is 84.7 Å². The first kappa shape index (κ1) is 10.5. The van der Waals surface area contributed by atoms with Crippen LogP contribution in [0, 0.1) is 5.82 Å². The third-order valence-electron chi connectivity index (χ3n) is 1.93. The average molecular weight is 248 g/mol. The van der Waals surface area contributed by atoms with Crippen molar-refractivity contribution in [2.45, 2.75) is 19.4 Å². The normalized spacial score (nSPS) is 12.9. The van der Waals surface area contributed by atoms with E-state index in [-0.39, 0.29) is 11.3 Å². The lowest BCUT2D eigenvalue weighted by atomic mass is 10.0. The summed E-state index contributed by atoms with van der Waals surface area (Å²) in [6, 6.07) is 2.28. The molecular weight excluding hydrogens is 237 g/mol. The summed E-state index contributed by atoms with van der Waals surface area (Å²) in [7, 11) is 0. The molecule has 0 amide bonds. The lowest BCUT2D eigenvalue weighted by Gasteiger charge is -2.13. The summed E-state index contributed by atoms with van der Waals surface area (Å²) in [5.41, 5.74) is 5.82. The van der Waals surface area contributed by atoms with Crippen molar-refractivity contribution >= 4 is 15.9 Å². The first-order chi connectivity index (χ1) is 6.07. The Morgan fingerprint density at radius 3 is 2.77 bits per heavy atom. The van der Waals surface area contributed by atoms with Crippen molar-refractivity contribution < 1.29 is 9.50 Å². The molecule has 0 heterocycles. The minimum Gasteiger partial charge on any atom is -0.506 e. The van der Waals surface area contributed by atoms with Crippen LogP contribution < -0.4 is 5.73 Å². The second-order valence-electron chi connectivity index (χ2n) is 2.81. The summed E-state index contributed by atoms with van der Waals surface area (Å²) in [6.07, 6.45) is 0.584. The first-order valence-electron chi connectivity index (χ1n) is 4.00. The van der Waals surface area contributed by atoms with Crippen LogP contribution >= 0.6 is 15.9 Å². The summed E-state index contributed by atoms with van der Waals surface area (Å²) in [6.45, 7) is 1.84. The fraction of sp³-hybridized carbons (Fsp3) is 0.333. The SMILES string of the molecule is CC[C@H](N)c1c(F)ccc(Br)c1O. The van der Waals surface area contributed by atoms with Gasteiger partial charge in [-0.3, -0.25) is 0 Å². The molecule has 1 rings (SSSR count). The van der Waals surface area contributed by atoms with Crippen molar-refractivity contribution in [2.75, 3.05) is 0 Å². The van der Waals surface area contributed by atoms with E-state index in [0.29, 0.717) is 10.9 Å². The smallest absolute Gasteiger partial charge is 0.137 e. The molecule has 0 saturated carbocycles. The summed E-state index contributed by atoms with van der Waals surface area (Å²) in [5.74, 6) is -0.565. The molecule has 0 aromatic heterocycles. The van der Waals surface area contributed by atoms with Crippen LogP contribution in [-0.2, 0) is 0 Å². The van der Waals surface area contributed by atoms with Gasteiger partial charge in [-0.1, -0.05) is 6.92 Å². The van der Waals surface area contributed by atoms with E-state index in [9.17, 15) is 9.50 Å². The largest absolute Gasteiger partial charge is 0.506 e. The number of aromatic hydroxyl groups is 1. The highest BCUT2D eigenvalue weighted by atomic mass is 79.9. The second-order valence-corrected chi connectivity index (χ2v) is 3.66. The zero-order valence-corrected chi connectivity index (χ0v) is 8.81. The summed E-state index contributed by atoms with van der Waals surface area (Å²) >= 11 is 3.11. The van der Waals surface area contributed by atoms with Crippen molar-refractivity contribution in [3.63, 3.8) is 0 Å². The predicted molar refractivity (Wildman–Crippen MR) is 53.0 cm³/mol. The van der Waals surface area contributed by atoms with Crippen molar-refractivity contribution in [3.8, 4) is 5.75 Å². The van der Waals surface area contributed by atoms with Gasteiger partial charge in [-0.05, 0) is 34.5 Å². The summed E-state index contributed by atoms with van der Waals surface area (Å²) in [5, 5.41) is 9.51. The fourth-order valence-electron chi connectivity index (χ4n) is 1.11. The monoisotopic (exact) mass is 247 g/mol. The Bertz CT molecular complexity index is 317. The summed E-state index contributed by atoms with van der Waals surface area (Å²) < 4.78 is 13.7. The molecule has 13 heavy (non-hydrogen) atoms. The van der Waals surface area contributed by atoms with E-state index in [4.69, 9.17) is 5.73 Å². The molecule has 4 heteroatoms. The third kappa shape index (κ3) is 2.00. The van der Waals surface area contributed by atoms with E-state index in [2.05, 4.69) is 15.9 Å². The topological polar surface area (TPSA) is 46.2 Å². The van der Waals surface area contributed by atoms with E-state index in [1.165, 1.54) is 12.1 Å². The maximum Gasteiger partial charge on any atom is 0.137 e. The van der Waals surface area contributed by atoms with Gasteiger partial charge in [0.15, 0.2) is 0 Å². The van der Waals surface area contributed by atoms with E-state index >= 15 is 0 Å². The van der Waals surface area contributed by atoms with Crippen molar-refractivity contribution in [1.82, 2.24) is 0 Å². The molecule has 3 N–H and O–H groups in total.